The Morgan fingerprint density at radius 3 is 2.30 bits per heavy atom. The van der Waals surface area contributed by atoms with Gasteiger partial charge < -0.3 is 25.8 Å². The first-order valence-electron chi connectivity index (χ1n) is 17.0. The Morgan fingerprint density at radius 2 is 1.66 bits per heavy atom. The second-order valence-electron chi connectivity index (χ2n) is 14.4. The molecule has 2 amide bonds. The Bertz CT molecular complexity index is 1300. The van der Waals surface area contributed by atoms with E-state index in [2.05, 4.69) is 98.0 Å². The van der Waals surface area contributed by atoms with Gasteiger partial charge in [-0.05, 0) is 119 Å². The van der Waals surface area contributed by atoms with Gasteiger partial charge >= 0.3 is 0 Å². The molecule has 3 unspecified atom stereocenters. The van der Waals surface area contributed by atoms with E-state index in [1.165, 1.54) is 37.7 Å². The van der Waals surface area contributed by atoms with Gasteiger partial charge in [-0.3, -0.25) is 9.59 Å². The fraction of sp³-hybridized carbons (Fsp3) is 0.622. The molecule has 1 saturated carbocycles. The molecule has 240 valence electrons. The summed E-state index contributed by atoms with van der Waals surface area (Å²) in [5.41, 5.74) is 6.04. The van der Waals surface area contributed by atoms with Crippen LogP contribution in [0.1, 0.15) is 86.7 Å². The van der Waals surface area contributed by atoms with Crippen LogP contribution in [0.2, 0.25) is 0 Å². The topological polar surface area (TPSA) is 76.7 Å². The molecular formula is C37H55N5O2. The van der Waals surface area contributed by atoms with Crippen molar-refractivity contribution in [1.82, 2.24) is 20.9 Å². The Balaban J connectivity index is 1.36. The molecule has 3 N–H and O–H groups in total. The predicted octanol–water partition coefficient (Wildman–Crippen LogP) is 5.75. The first kappa shape index (κ1) is 32.5. The normalized spacial score (nSPS) is 25.1. The van der Waals surface area contributed by atoms with Crippen LogP contribution in [0.15, 0.2) is 36.4 Å². The van der Waals surface area contributed by atoms with Crippen molar-refractivity contribution in [2.45, 2.75) is 90.3 Å². The summed E-state index contributed by atoms with van der Waals surface area (Å²) in [7, 11) is 6.32. The van der Waals surface area contributed by atoms with Gasteiger partial charge in [-0.15, -0.1) is 0 Å². The summed E-state index contributed by atoms with van der Waals surface area (Å²) >= 11 is 0. The summed E-state index contributed by atoms with van der Waals surface area (Å²) in [5, 5.41) is 10.1. The molecule has 5 rings (SSSR count). The minimum atomic E-state index is -0.222. The number of carbonyl (C=O) groups is 2. The standard InChI is InChI=1S/C37H55N5O2/c1-25-22-37(3,30-10-8-7-9-11-30)40-36(44)33(25)23-39-35(43)32-20-29(28-14-12-27(13-15-28)24-41(4)5)21-34(26(32)2)42(6)31-16-18-38-19-17-31/h12-15,20-21,25,30-31,33,38H,7-11,16-19,22-24H2,1-6H3,(H,39,43)(H,40,44). The van der Waals surface area contributed by atoms with Crippen molar-refractivity contribution in [2.24, 2.45) is 17.8 Å². The van der Waals surface area contributed by atoms with Crippen LogP contribution in [-0.4, -0.2) is 69.1 Å². The van der Waals surface area contributed by atoms with E-state index in [0.29, 0.717) is 24.1 Å². The lowest BCUT2D eigenvalue weighted by molar-refractivity contribution is -0.133. The van der Waals surface area contributed by atoms with Gasteiger partial charge in [0.1, 0.15) is 0 Å². The molecule has 44 heavy (non-hydrogen) atoms. The molecule has 2 heterocycles. The van der Waals surface area contributed by atoms with Crippen LogP contribution in [0, 0.1) is 24.7 Å². The van der Waals surface area contributed by atoms with Crippen LogP contribution in [0.4, 0.5) is 5.69 Å². The Labute approximate surface area is 265 Å². The maximum Gasteiger partial charge on any atom is 0.251 e. The third-order valence-corrected chi connectivity index (χ3v) is 10.8. The molecule has 3 aliphatic rings. The van der Waals surface area contributed by atoms with Crippen molar-refractivity contribution >= 4 is 17.5 Å². The molecule has 2 aromatic carbocycles. The molecule has 0 radical (unpaired) electrons. The molecule has 2 saturated heterocycles. The van der Waals surface area contributed by atoms with E-state index in [-0.39, 0.29) is 29.2 Å². The van der Waals surface area contributed by atoms with Gasteiger partial charge in [-0.25, -0.2) is 0 Å². The zero-order valence-electron chi connectivity index (χ0n) is 28.0. The highest BCUT2D eigenvalue weighted by Gasteiger charge is 2.45. The minimum absolute atomic E-state index is 0.0896. The first-order valence-corrected chi connectivity index (χ1v) is 17.0. The van der Waals surface area contributed by atoms with Gasteiger partial charge in [0.05, 0.1) is 5.92 Å². The van der Waals surface area contributed by atoms with Gasteiger partial charge in [0, 0.05) is 43.0 Å². The highest BCUT2D eigenvalue weighted by Crippen LogP contribution is 2.40. The number of anilines is 1. The van der Waals surface area contributed by atoms with E-state index in [1.54, 1.807) is 0 Å². The Hall–Kier alpha value is -2.90. The predicted molar refractivity (Wildman–Crippen MR) is 181 cm³/mol. The number of rotatable bonds is 9. The summed E-state index contributed by atoms with van der Waals surface area (Å²) in [4.78, 5) is 31.9. The molecule has 0 bridgehead atoms. The number of carbonyl (C=O) groups excluding carboxylic acids is 2. The third-order valence-electron chi connectivity index (χ3n) is 10.8. The monoisotopic (exact) mass is 601 g/mol. The first-order chi connectivity index (χ1) is 21.1. The average Bonchev–Trinajstić information content (AvgIpc) is 3.01. The average molecular weight is 602 g/mol. The highest BCUT2D eigenvalue weighted by atomic mass is 16.2. The van der Waals surface area contributed by atoms with E-state index >= 15 is 0 Å². The summed E-state index contributed by atoms with van der Waals surface area (Å²) in [6.07, 6.45) is 9.36. The molecule has 0 aromatic heterocycles. The summed E-state index contributed by atoms with van der Waals surface area (Å²) in [6, 6.07) is 13.4. The third kappa shape index (κ3) is 7.31. The number of hydrogen-bond acceptors (Lipinski definition) is 5. The van der Waals surface area contributed by atoms with E-state index < -0.39 is 0 Å². The van der Waals surface area contributed by atoms with Gasteiger partial charge in [0.15, 0.2) is 0 Å². The van der Waals surface area contributed by atoms with Gasteiger partial charge in [0.25, 0.3) is 5.91 Å². The molecular weight excluding hydrogens is 546 g/mol. The molecule has 1 aliphatic carbocycles. The van der Waals surface area contributed by atoms with Crippen molar-refractivity contribution < 1.29 is 9.59 Å². The lowest BCUT2D eigenvalue weighted by Crippen LogP contribution is -2.61. The van der Waals surface area contributed by atoms with E-state index in [4.69, 9.17) is 0 Å². The Morgan fingerprint density at radius 1 is 0.977 bits per heavy atom. The summed E-state index contributed by atoms with van der Waals surface area (Å²) in [5.74, 6) is 0.530. The van der Waals surface area contributed by atoms with E-state index in [0.717, 1.165) is 61.3 Å². The van der Waals surface area contributed by atoms with Crippen molar-refractivity contribution in [1.29, 1.82) is 0 Å². The second kappa shape index (κ2) is 14.0. The smallest absolute Gasteiger partial charge is 0.251 e. The van der Waals surface area contributed by atoms with Gasteiger partial charge in [0.2, 0.25) is 5.91 Å². The fourth-order valence-electron chi connectivity index (χ4n) is 8.12. The molecule has 2 aliphatic heterocycles. The fourth-order valence-corrected chi connectivity index (χ4v) is 8.12. The van der Waals surface area contributed by atoms with Crippen LogP contribution in [0.25, 0.3) is 11.1 Å². The zero-order chi connectivity index (χ0) is 31.4. The SMILES string of the molecule is Cc1c(C(=O)NCC2C(=O)NC(C)(C3CCCCC3)CC2C)cc(-c2ccc(CN(C)C)cc2)cc1N(C)C1CCNCC1. The van der Waals surface area contributed by atoms with E-state index in [9.17, 15) is 9.59 Å². The van der Waals surface area contributed by atoms with Crippen LogP contribution < -0.4 is 20.9 Å². The molecule has 7 nitrogen and oxygen atoms in total. The molecule has 0 spiro atoms. The Kier molecular flexibility index (Phi) is 10.4. The zero-order valence-corrected chi connectivity index (χ0v) is 28.0. The molecule has 3 atom stereocenters. The van der Waals surface area contributed by atoms with Crippen molar-refractivity contribution in [3.63, 3.8) is 0 Å². The highest BCUT2D eigenvalue weighted by molar-refractivity contribution is 5.99. The summed E-state index contributed by atoms with van der Waals surface area (Å²) in [6.45, 7) is 9.76. The number of nitrogens with one attached hydrogen (secondary N) is 3. The minimum Gasteiger partial charge on any atom is -0.371 e. The molecule has 3 fully saturated rings. The van der Waals surface area contributed by atoms with E-state index in [1.807, 2.05) is 6.07 Å². The number of benzene rings is 2. The molecule has 7 heteroatoms. The largest absolute Gasteiger partial charge is 0.371 e. The van der Waals surface area contributed by atoms with Crippen LogP contribution >= 0.6 is 0 Å². The lowest BCUT2D eigenvalue weighted by Gasteiger charge is -2.47. The van der Waals surface area contributed by atoms with Gasteiger partial charge in [-0.1, -0.05) is 50.5 Å². The van der Waals surface area contributed by atoms with Crippen LogP contribution in [0.3, 0.4) is 0 Å². The summed E-state index contributed by atoms with van der Waals surface area (Å²) < 4.78 is 0. The second-order valence-corrected chi connectivity index (χ2v) is 14.4. The van der Waals surface area contributed by atoms with Crippen molar-refractivity contribution in [3.8, 4) is 11.1 Å². The maximum absolute atomic E-state index is 13.9. The number of piperidine rings is 2. The number of amides is 2. The van der Waals surface area contributed by atoms with Crippen LogP contribution in [-0.2, 0) is 11.3 Å². The lowest BCUT2D eigenvalue weighted by atomic mass is 9.67. The quantitative estimate of drug-likeness (QED) is 0.341. The van der Waals surface area contributed by atoms with Crippen molar-refractivity contribution in [3.05, 3.63) is 53.1 Å². The van der Waals surface area contributed by atoms with Crippen molar-refractivity contribution in [2.75, 3.05) is 45.7 Å². The maximum atomic E-state index is 13.9. The number of hydrogen-bond donors (Lipinski definition) is 3. The van der Waals surface area contributed by atoms with Gasteiger partial charge in [-0.2, -0.15) is 0 Å². The van der Waals surface area contributed by atoms with Crippen LogP contribution in [0.5, 0.6) is 0 Å². The number of nitrogens with zero attached hydrogens (tertiary/aromatic N) is 2. The molecule has 2 aromatic rings.